The first-order valence-corrected chi connectivity index (χ1v) is 8.84. The van der Waals surface area contributed by atoms with Crippen molar-refractivity contribution >= 4 is 0 Å². The number of hydrogen-bond acceptors (Lipinski definition) is 6. The van der Waals surface area contributed by atoms with E-state index in [4.69, 9.17) is 9.26 Å². The van der Waals surface area contributed by atoms with Gasteiger partial charge in [0.25, 0.3) is 0 Å². The molecular formula is C17H27N5O2. The number of likely N-dealkylation sites (tertiary alicyclic amines) is 1. The van der Waals surface area contributed by atoms with E-state index in [2.05, 4.69) is 37.7 Å². The smallest absolute Gasteiger partial charge is 0.231 e. The van der Waals surface area contributed by atoms with Gasteiger partial charge in [-0.3, -0.25) is 4.90 Å². The second-order valence-corrected chi connectivity index (χ2v) is 6.40. The number of ether oxygens (including phenoxy) is 1. The lowest BCUT2D eigenvalue weighted by atomic mass is 9.98. The molecule has 2 aromatic heterocycles. The van der Waals surface area contributed by atoms with Crippen LogP contribution in [-0.2, 0) is 24.2 Å². The summed E-state index contributed by atoms with van der Waals surface area (Å²) in [6.45, 7) is 6.77. The molecule has 0 saturated carbocycles. The van der Waals surface area contributed by atoms with E-state index in [1.54, 1.807) is 7.11 Å². The van der Waals surface area contributed by atoms with Gasteiger partial charge in [0.15, 0.2) is 5.82 Å². The van der Waals surface area contributed by atoms with Gasteiger partial charge in [0, 0.05) is 39.0 Å². The summed E-state index contributed by atoms with van der Waals surface area (Å²) in [7, 11) is 1.68. The summed E-state index contributed by atoms with van der Waals surface area (Å²) in [5, 5.41) is 4.07. The van der Waals surface area contributed by atoms with Crippen molar-refractivity contribution in [2.75, 3.05) is 26.8 Å². The zero-order chi connectivity index (χ0) is 16.8. The Morgan fingerprint density at radius 1 is 1.42 bits per heavy atom. The van der Waals surface area contributed by atoms with Crippen molar-refractivity contribution in [1.29, 1.82) is 0 Å². The lowest BCUT2D eigenvalue weighted by Gasteiger charge is -2.30. The highest BCUT2D eigenvalue weighted by Crippen LogP contribution is 2.26. The fourth-order valence-corrected chi connectivity index (χ4v) is 3.27. The highest BCUT2D eigenvalue weighted by atomic mass is 16.5. The van der Waals surface area contributed by atoms with Crippen LogP contribution in [0.3, 0.4) is 0 Å². The number of rotatable bonds is 8. The van der Waals surface area contributed by atoms with Crippen LogP contribution < -0.4 is 0 Å². The third kappa shape index (κ3) is 4.21. The molecule has 0 aliphatic carbocycles. The minimum Gasteiger partial charge on any atom is -0.384 e. The van der Waals surface area contributed by atoms with Crippen LogP contribution >= 0.6 is 0 Å². The Kier molecular flexibility index (Phi) is 5.98. The number of nitrogens with zero attached hydrogens (tertiary/aromatic N) is 5. The third-order valence-corrected chi connectivity index (χ3v) is 4.50. The summed E-state index contributed by atoms with van der Waals surface area (Å²) in [6, 6.07) is 0. The van der Waals surface area contributed by atoms with Crippen LogP contribution in [0.5, 0.6) is 0 Å². The van der Waals surface area contributed by atoms with Crippen molar-refractivity contribution in [1.82, 2.24) is 24.6 Å². The van der Waals surface area contributed by atoms with Crippen molar-refractivity contribution in [2.45, 2.75) is 51.6 Å². The molecule has 0 amide bonds. The minimum absolute atomic E-state index is 0.317. The molecular weight excluding hydrogens is 306 g/mol. The lowest BCUT2D eigenvalue weighted by molar-refractivity contribution is 0.174. The summed E-state index contributed by atoms with van der Waals surface area (Å²) in [6.07, 6.45) is 8.04. The van der Waals surface area contributed by atoms with Crippen molar-refractivity contribution in [3.63, 3.8) is 0 Å². The van der Waals surface area contributed by atoms with E-state index in [1.807, 2.05) is 6.20 Å². The zero-order valence-corrected chi connectivity index (χ0v) is 14.6. The van der Waals surface area contributed by atoms with Crippen LogP contribution in [0.15, 0.2) is 16.9 Å². The molecule has 0 radical (unpaired) electrons. The Bertz CT molecular complexity index is 624. The zero-order valence-electron chi connectivity index (χ0n) is 14.6. The predicted molar refractivity (Wildman–Crippen MR) is 89.6 cm³/mol. The van der Waals surface area contributed by atoms with E-state index in [0.717, 1.165) is 63.0 Å². The molecule has 1 fully saturated rings. The fourth-order valence-electron chi connectivity index (χ4n) is 3.27. The van der Waals surface area contributed by atoms with Crippen LogP contribution in [0, 0.1) is 0 Å². The van der Waals surface area contributed by atoms with E-state index >= 15 is 0 Å². The summed E-state index contributed by atoms with van der Waals surface area (Å²) in [4.78, 5) is 11.5. The molecule has 0 N–H and O–H groups in total. The maximum atomic E-state index is 5.48. The summed E-state index contributed by atoms with van der Waals surface area (Å²) in [5.74, 6) is 2.96. The highest BCUT2D eigenvalue weighted by Gasteiger charge is 2.26. The van der Waals surface area contributed by atoms with Gasteiger partial charge in [-0.1, -0.05) is 12.1 Å². The van der Waals surface area contributed by atoms with Gasteiger partial charge in [-0.05, 0) is 25.8 Å². The Balaban J connectivity index is 1.59. The second kappa shape index (κ2) is 8.39. The van der Waals surface area contributed by atoms with Crippen molar-refractivity contribution in [3.8, 4) is 0 Å². The number of piperidine rings is 1. The second-order valence-electron chi connectivity index (χ2n) is 6.40. The normalized spacial score (nSPS) is 19.0. The molecule has 1 aliphatic heterocycles. The molecule has 0 spiro atoms. The predicted octanol–water partition coefficient (Wildman–Crippen LogP) is 2.24. The van der Waals surface area contributed by atoms with Crippen LogP contribution in [0.4, 0.5) is 0 Å². The first-order valence-electron chi connectivity index (χ1n) is 8.84. The topological polar surface area (TPSA) is 69.2 Å². The summed E-state index contributed by atoms with van der Waals surface area (Å²) < 4.78 is 12.8. The minimum atomic E-state index is 0.317. The summed E-state index contributed by atoms with van der Waals surface area (Å²) >= 11 is 0. The molecule has 132 valence electrons. The SMILES string of the molecule is CCCn1ccnc1CN1CCC[C@H](c2nc(CCOC)no2)C1. The van der Waals surface area contributed by atoms with E-state index in [1.165, 1.54) is 0 Å². The van der Waals surface area contributed by atoms with E-state index < -0.39 is 0 Å². The van der Waals surface area contributed by atoms with Gasteiger partial charge in [0.2, 0.25) is 5.89 Å². The maximum absolute atomic E-state index is 5.48. The van der Waals surface area contributed by atoms with Crippen LogP contribution in [0.2, 0.25) is 0 Å². The fraction of sp³-hybridized carbons (Fsp3) is 0.706. The van der Waals surface area contributed by atoms with Crippen LogP contribution in [-0.4, -0.2) is 51.4 Å². The lowest BCUT2D eigenvalue weighted by Crippen LogP contribution is -2.34. The van der Waals surface area contributed by atoms with E-state index in [-0.39, 0.29) is 0 Å². The molecule has 7 heteroatoms. The Labute approximate surface area is 143 Å². The highest BCUT2D eigenvalue weighted by molar-refractivity contribution is 4.99. The number of aryl methyl sites for hydroxylation is 1. The van der Waals surface area contributed by atoms with Crippen LogP contribution in [0.25, 0.3) is 0 Å². The third-order valence-electron chi connectivity index (χ3n) is 4.50. The van der Waals surface area contributed by atoms with Crippen molar-refractivity contribution < 1.29 is 9.26 Å². The van der Waals surface area contributed by atoms with Gasteiger partial charge in [0.05, 0.1) is 19.1 Å². The first-order chi connectivity index (χ1) is 11.8. The van der Waals surface area contributed by atoms with Crippen molar-refractivity contribution in [2.24, 2.45) is 0 Å². The van der Waals surface area contributed by atoms with Crippen LogP contribution in [0.1, 0.15) is 49.6 Å². The van der Waals surface area contributed by atoms with Gasteiger partial charge in [0.1, 0.15) is 5.82 Å². The standard InChI is InChI=1S/C17H27N5O2/c1-3-8-22-10-7-18-16(22)13-21-9-4-5-14(12-21)17-19-15(20-24-17)6-11-23-2/h7,10,14H,3-6,8-9,11-13H2,1-2H3/t14-/m0/s1. The average molecular weight is 333 g/mol. The van der Waals surface area contributed by atoms with Gasteiger partial charge >= 0.3 is 0 Å². The Hall–Kier alpha value is -1.73. The molecule has 1 saturated heterocycles. The van der Waals surface area contributed by atoms with E-state index in [0.29, 0.717) is 18.9 Å². The number of imidazole rings is 1. The number of aromatic nitrogens is 4. The molecule has 1 atom stereocenters. The molecule has 0 aromatic carbocycles. The van der Waals surface area contributed by atoms with Gasteiger partial charge in [-0.25, -0.2) is 4.98 Å². The molecule has 0 bridgehead atoms. The average Bonchev–Trinajstić information content (AvgIpc) is 3.24. The number of methoxy groups -OCH3 is 1. The molecule has 3 rings (SSSR count). The van der Waals surface area contributed by atoms with Gasteiger partial charge in [-0.15, -0.1) is 0 Å². The molecule has 7 nitrogen and oxygen atoms in total. The first kappa shape index (κ1) is 17.1. The molecule has 1 aliphatic rings. The largest absolute Gasteiger partial charge is 0.384 e. The van der Waals surface area contributed by atoms with Crippen molar-refractivity contribution in [3.05, 3.63) is 29.9 Å². The quantitative estimate of drug-likeness (QED) is 0.738. The van der Waals surface area contributed by atoms with E-state index in [9.17, 15) is 0 Å². The number of hydrogen-bond donors (Lipinski definition) is 0. The summed E-state index contributed by atoms with van der Waals surface area (Å²) in [5.41, 5.74) is 0. The maximum Gasteiger partial charge on any atom is 0.231 e. The molecule has 0 unspecified atom stereocenters. The monoisotopic (exact) mass is 333 g/mol. The Morgan fingerprint density at radius 2 is 2.33 bits per heavy atom. The van der Waals surface area contributed by atoms with Gasteiger partial charge in [-0.2, -0.15) is 4.98 Å². The Morgan fingerprint density at radius 3 is 3.17 bits per heavy atom. The molecule has 24 heavy (non-hydrogen) atoms. The molecule has 2 aromatic rings. The van der Waals surface area contributed by atoms with Gasteiger partial charge < -0.3 is 13.8 Å². The molecule has 3 heterocycles.